The summed E-state index contributed by atoms with van der Waals surface area (Å²) in [5, 5.41) is 11.6. The van der Waals surface area contributed by atoms with Crippen molar-refractivity contribution in [2.75, 3.05) is 20.3 Å². The van der Waals surface area contributed by atoms with Crippen LogP contribution in [0.5, 0.6) is 5.75 Å². The minimum absolute atomic E-state index is 0.0641. The standard InChI is InChI=1S/C10H14BrNO3S/c1-6(5-13)4-12-10(14)8-3-7(15-2)9(11)16-8/h3,6,13H,4-5H2,1-2H3,(H,12,14). The van der Waals surface area contributed by atoms with Crippen LogP contribution in [0.25, 0.3) is 0 Å². The molecular weight excluding hydrogens is 294 g/mol. The molecule has 1 heterocycles. The molecule has 1 unspecified atom stereocenters. The van der Waals surface area contributed by atoms with Gasteiger partial charge in [0.2, 0.25) is 0 Å². The third kappa shape index (κ3) is 3.47. The molecule has 2 N–H and O–H groups in total. The van der Waals surface area contributed by atoms with Gasteiger partial charge in [0, 0.05) is 19.2 Å². The van der Waals surface area contributed by atoms with Crippen molar-refractivity contribution >= 4 is 33.2 Å². The van der Waals surface area contributed by atoms with Gasteiger partial charge in [-0.05, 0) is 21.8 Å². The Morgan fingerprint density at radius 2 is 2.44 bits per heavy atom. The van der Waals surface area contributed by atoms with Crippen LogP contribution in [0, 0.1) is 5.92 Å². The molecule has 1 rings (SSSR count). The molecule has 1 aromatic rings. The molecule has 0 aromatic carbocycles. The van der Waals surface area contributed by atoms with Gasteiger partial charge in [-0.3, -0.25) is 4.79 Å². The highest BCUT2D eigenvalue weighted by atomic mass is 79.9. The van der Waals surface area contributed by atoms with Crippen molar-refractivity contribution in [1.29, 1.82) is 0 Å². The molecule has 90 valence electrons. The number of halogens is 1. The Bertz CT molecular complexity index is 367. The Hall–Kier alpha value is -0.590. The van der Waals surface area contributed by atoms with E-state index in [9.17, 15) is 4.79 Å². The zero-order valence-corrected chi connectivity index (χ0v) is 11.5. The van der Waals surface area contributed by atoms with E-state index in [4.69, 9.17) is 9.84 Å². The summed E-state index contributed by atoms with van der Waals surface area (Å²) in [5.74, 6) is 0.578. The molecule has 0 saturated heterocycles. The second-order valence-corrected chi connectivity index (χ2v) is 5.82. The average Bonchev–Trinajstić information content (AvgIpc) is 2.66. The lowest BCUT2D eigenvalue weighted by Gasteiger charge is -2.08. The summed E-state index contributed by atoms with van der Waals surface area (Å²) in [4.78, 5) is 12.3. The minimum atomic E-state index is -0.144. The molecule has 0 radical (unpaired) electrons. The molecule has 0 fully saturated rings. The highest BCUT2D eigenvalue weighted by Gasteiger charge is 2.14. The van der Waals surface area contributed by atoms with Crippen molar-refractivity contribution in [2.45, 2.75) is 6.92 Å². The molecule has 1 atom stereocenters. The Balaban J connectivity index is 2.59. The van der Waals surface area contributed by atoms with Gasteiger partial charge in [-0.25, -0.2) is 0 Å². The first-order valence-corrected chi connectivity index (χ1v) is 6.41. The molecule has 1 amide bonds. The maximum atomic E-state index is 11.7. The fourth-order valence-corrected chi connectivity index (χ4v) is 2.59. The van der Waals surface area contributed by atoms with Crippen LogP contribution in [0.4, 0.5) is 0 Å². The van der Waals surface area contributed by atoms with E-state index in [0.717, 1.165) is 3.79 Å². The number of hydrogen-bond acceptors (Lipinski definition) is 4. The quantitative estimate of drug-likeness (QED) is 0.873. The van der Waals surface area contributed by atoms with Crippen molar-refractivity contribution < 1.29 is 14.6 Å². The first-order chi connectivity index (χ1) is 7.58. The van der Waals surface area contributed by atoms with E-state index >= 15 is 0 Å². The lowest BCUT2D eigenvalue weighted by atomic mass is 10.2. The number of nitrogens with one attached hydrogen (secondary N) is 1. The van der Waals surface area contributed by atoms with Crippen LogP contribution in [0.15, 0.2) is 9.85 Å². The van der Waals surface area contributed by atoms with E-state index < -0.39 is 0 Å². The molecule has 4 nitrogen and oxygen atoms in total. The smallest absolute Gasteiger partial charge is 0.261 e. The van der Waals surface area contributed by atoms with Crippen molar-refractivity contribution in [1.82, 2.24) is 5.32 Å². The van der Waals surface area contributed by atoms with Crippen LogP contribution in [0.2, 0.25) is 0 Å². The second kappa shape index (κ2) is 6.22. The summed E-state index contributed by atoms with van der Waals surface area (Å²) in [6, 6.07) is 1.69. The van der Waals surface area contributed by atoms with Gasteiger partial charge in [0.05, 0.1) is 12.0 Å². The van der Waals surface area contributed by atoms with E-state index in [0.29, 0.717) is 17.2 Å². The maximum absolute atomic E-state index is 11.7. The van der Waals surface area contributed by atoms with Crippen molar-refractivity contribution in [3.63, 3.8) is 0 Å². The number of aliphatic hydroxyl groups excluding tert-OH is 1. The topological polar surface area (TPSA) is 58.6 Å². The van der Waals surface area contributed by atoms with Crippen LogP contribution in [-0.4, -0.2) is 31.3 Å². The molecule has 0 bridgehead atoms. The van der Waals surface area contributed by atoms with E-state index in [1.54, 1.807) is 13.2 Å². The van der Waals surface area contributed by atoms with Gasteiger partial charge in [0.15, 0.2) is 0 Å². The number of carbonyl (C=O) groups is 1. The van der Waals surface area contributed by atoms with Crippen LogP contribution < -0.4 is 10.1 Å². The van der Waals surface area contributed by atoms with E-state index in [1.807, 2.05) is 6.92 Å². The summed E-state index contributed by atoms with van der Waals surface area (Å²) in [5.41, 5.74) is 0. The van der Waals surface area contributed by atoms with Gasteiger partial charge in [-0.2, -0.15) is 0 Å². The van der Waals surface area contributed by atoms with Gasteiger partial charge >= 0.3 is 0 Å². The van der Waals surface area contributed by atoms with Crippen LogP contribution in [-0.2, 0) is 0 Å². The third-order valence-electron chi connectivity index (χ3n) is 2.02. The predicted molar refractivity (Wildman–Crippen MR) is 67.2 cm³/mol. The molecule has 16 heavy (non-hydrogen) atoms. The molecule has 0 aliphatic rings. The normalized spacial score (nSPS) is 12.2. The molecular formula is C10H14BrNO3S. The first kappa shape index (κ1) is 13.5. The highest BCUT2D eigenvalue weighted by Crippen LogP contribution is 2.34. The summed E-state index contributed by atoms with van der Waals surface area (Å²) < 4.78 is 5.87. The van der Waals surface area contributed by atoms with Crippen LogP contribution in [0.1, 0.15) is 16.6 Å². The Morgan fingerprint density at radius 3 is 2.94 bits per heavy atom. The van der Waals surface area contributed by atoms with Crippen LogP contribution >= 0.6 is 27.3 Å². The molecule has 0 spiro atoms. The first-order valence-electron chi connectivity index (χ1n) is 4.80. The zero-order chi connectivity index (χ0) is 12.1. The lowest BCUT2D eigenvalue weighted by Crippen LogP contribution is -2.28. The fourth-order valence-electron chi connectivity index (χ4n) is 1.02. The Labute approximate surface area is 107 Å². The summed E-state index contributed by atoms with van der Waals surface area (Å²) in [7, 11) is 1.56. The number of ether oxygens (including phenoxy) is 1. The van der Waals surface area contributed by atoms with E-state index in [1.165, 1.54) is 11.3 Å². The van der Waals surface area contributed by atoms with Crippen molar-refractivity contribution in [2.24, 2.45) is 5.92 Å². The lowest BCUT2D eigenvalue weighted by molar-refractivity contribution is 0.0946. The highest BCUT2D eigenvalue weighted by molar-refractivity contribution is 9.11. The Morgan fingerprint density at radius 1 is 1.75 bits per heavy atom. The number of carbonyl (C=O) groups excluding carboxylic acids is 1. The second-order valence-electron chi connectivity index (χ2n) is 3.45. The fraction of sp³-hybridized carbons (Fsp3) is 0.500. The number of thiophene rings is 1. The summed E-state index contributed by atoms with van der Waals surface area (Å²) in [6.45, 7) is 2.40. The molecule has 1 aromatic heterocycles. The van der Waals surface area contributed by atoms with Gasteiger partial charge in [-0.15, -0.1) is 11.3 Å². The van der Waals surface area contributed by atoms with Gasteiger partial charge in [-0.1, -0.05) is 6.92 Å². The van der Waals surface area contributed by atoms with Crippen molar-refractivity contribution in [3.8, 4) is 5.75 Å². The molecule has 0 aliphatic carbocycles. The van der Waals surface area contributed by atoms with E-state index in [-0.39, 0.29) is 18.4 Å². The maximum Gasteiger partial charge on any atom is 0.261 e. The summed E-state index contributed by atoms with van der Waals surface area (Å²) >= 11 is 4.64. The summed E-state index contributed by atoms with van der Waals surface area (Å²) in [6.07, 6.45) is 0. The van der Waals surface area contributed by atoms with E-state index in [2.05, 4.69) is 21.2 Å². The predicted octanol–water partition coefficient (Wildman–Crippen LogP) is 1.88. The largest absolute Gasteiger partial charge is 0.495 e. The molecule has 0 saturated carbocycles. The molecule has 0 aliphatic heterocycles. The SMILES string of the molecule is COc1cc(C(=O)NCC(C)CO)sc1Br. The molecule has 6 heteroatoms. The number of aliphatic hydroxyl groups is 1. The Kier molecular flexibility index (Phi) is 5.24. The third-order valence-corrected chi connectivity index (χ3v) is 3.80. The van der Waals surface area contributed by atoms with Crippen LogP contribution in [0.3, 0.4) is 0 Å². The number of rotatable bonds is 5. The van der Waals surface area contributed by atoms with Crippen molar-refractivity contribution in [3.05, 3.63) is 14.7 Å². The number of hydrogen-bond donors (Lipinski definition) is 2. The van der Waals surface area contributed by atoms with Gasteiger partial charge in [0.25, 0.3) is 5.91 Å². The number of methoxy groups -OCH3 is 1. The average molecular weight is 308 g/mol. The zero-order valence-electron chi connectivity index (χ0n) is 9.12. The number of amides is 1. The minimum Gasteiger partial charge on any atom is -0.495 e. The van der Waals surface area contributed by atoms with Gasteiger partial charge in [0.1, 0.15) is 9.54 Å². The van der Waals surface area contributed by atoms with Gasteiger partial charge < -0.3 is 15.2 Å². The monoisotopic (exact) mass is 307 g/mol.